The molecule has 1 aliphatic rings. The molecule has 0 aromatic heterocycles. The molecule has 0 radical (unpaired) electrons. The molecule has 2 atom stereocenters. The minimum absolute atomic E-state index is 0.229. The van der Waals surface area contributed by atoms with Gasteiger partial charge >= 0.3 is 0 Å². The van der Waals surface area contributed by atoms with Crippen molar-refractivity contribution in [3.8, 4) is 0 Å². The first-order chi connectivity index (χ1) is 9.40. The highest BCUT2D eigenvalue weighted by Crippen LogP contribution is 2.24. The van der Waals surface area contributed by atoms with Crippen LogP contribution in [0.15, 0.2) is 0 Å². The average molecular weight is 283 g/mol. The molecule has 0 saturated carbocycles. The van der Waals surface area contributed by atoms with Crippen LogP contribution in [-0.4, -0.2) is 42.0 Å². The van der Waals surface area contributed by atoms with Gasteiger partial charge in [-0.3, -0.25) is 4.79 Å². The fourth-order valence-corrected chi connectivity index (χ4v) is 3.22. The largest absolute Gasteiger partial charge is 0.368 e. The number of hydrogen-bond donors (Lipinski definition) is 2. The summed E-state index contributed by atoms with van der Waals surface area (Å²) >= 11 is 0. The van der Waals surface area contributed by atoms with Crippen LogP contribution in [0.2, 0.25) is 0 Å². The molecule has 20 heavy (non-hydrogen) atoms. The number of carbonyl (C=O) groups is 1. The van der Waals surface area contributed by atoms with Gasteiger partial charge in [0.2, 0.25) is 5.91 Å². The minimum atomic E-state index is -0.553. The summed E-state index contributed by atoms with van der Waals surface area (Å²) in [5, 5.41) is 3.31. The van der Waals surface area contributed by atoms with Gasteiger partial charge in [-0.1, -0.05) is 20.8 Å². The quantitative estimate of drug-likeness (QED) is 0.681. The van der Waals surface area contributed by atoms with Gasteiger partial charge in [0.25, 0.3) is 0 Å². The van der Waals surface area contributed by atoms with Crippen LogP contribution in [0, 0.1) is 5.92 Å². The number of primary amides is 1. The Morgan fingerprint density at radius 1 is 1.50 bits per heavy atom. The smallest absolute Gasteiger partial charge is 0.237 e. The zero-order valence-electron chi connectivity index (χ0n) is 13.7. The van der Waals surface area contributed by atoms with Crippen LogP contribution in [0.25, 0.3) is 0 Å². The standard InChI is InChI=1S/C16H33N3O/c1-5-10-18-16(4,15(17)20)9-7-12-19-11-6-8-14(19)13(2)3/h13-14,18H,5-12H2,1-4H3,(H2,17,20). The highest BCUT2D eigenvalue weighted by Gasteiger charge is 2.31. The summed E-state index contributed by atoms with van der Waals surface area (Å²) in [6.45, 7) is 11.8. The fraction of sp³-hybridized carbons (Fsp3) is 0.938. The molecule has 1 fully saturated rings. The molecule has 0 spiro atoms. The number of amides is 1. The first-order valence-electron chi connectivity index (χ1n) is 8.19. The predicted molar refractivity (Wildman–Crippen MR) is 84.6 cm³/mol. The van der Waals surface area contributed by atoms with Crippen molar-refractivity contribution in [3.63, 3.8) is 0 Å². The van der Waals surface area contributed by atoms with E-state index in [0.29, 0.717) is 0 Å². The second-order valence-electron chi connectivity index (χ2n) is 6.72. The molecule has 1 amide bonds. The first-order valence-corrected chi connectivity index (χ1v) is 8.19. The molecule has 2 unspecified atom stereocenters. The van der Waals surface area contributed by atoms with Crippen LogP contribution in [0.5, 0.6) is 0 Å². The summed E-state index contributed by atoms with van der Waals surface area (Å²) in [4.78, 5) is 14.3. The Kier molecular flexibility index (Phi) is 6.96. The van der Waals surface area contributed by atoms with Gasteiger partial charge in [0.1, 0.15) is 0 Å². The summed E-state index contributed by atoms with van der Waals surface area (Å²) in [7, 11) is 0. The van der Waals surface area contributed by atoms with Gasteiger partial charge in [-0.15, -0.1) is 0 Å². The predicted octanol–water partition coefficient (Wildman–Crippen LogP) is 2.13. The van der Waals surface area contributed by atoms with Crippen molar-refractivity contribution in [2.45, 2.75) is 71.4 Å². The summed E-state index contributed by atoms with van der Waals surface area (Å²) in [6.07, 6.45) is 5.50. The lowest BCUT2D eigenvalue weighted by Crippen LogP contribution is -2.53. The number of nitrogens with zero attached hydrogens (tertiary/aromatic N) is 1. The normalized spacial score (nSPS) is 23.1. The molecule has 0 aliphatic carbocycles. The van der Waals surface area contributed by atoms with E-state index < -0.39 is 5.54 Å². The van der Waals surface area contributed by atoms with Gasteiger partial charge < -0.3 is 16.0 Å². The van der Waals surface area contributed by atoms with Crippen LogP contribution in [-0.2, 0) is 4.79 Å². The number of rotatable bonds is 9. The van der Waals surface area contributed by atoms with Crippen LogP contribution in [0.1, 0.15) is 59.8 Å². The monoisotopic (exact) mass is 283 g/mol. The third-order valence-electron chi connectivity index (χ3n) is 4.61. The molecule has 1 aliphatic heterocycles. The molecule has 4 heteroatoms. The molecule has 0 bridgehead atoms. The molecule has 0 aromatic rings. The zero-order valence-corrected chi connectivity index (χ0v) is 13.7. The fourth-order valence-electron chi connectivity index (χ4n) is 3.22. The average Bonchev–Trinajstić information content (AvgIpc) is 2.84. The van der Waals surface area contributed by atoms with Crippen molar-refractivity contribution in [2.24, 2.45) is 11.7 Å². The van der Waals surface area contributed by atoms with Gasteiger partial charge in [0, 0.05) is 6.04 Å². The number of likely N-dealkylation sites (tertiary alicyclic amines) is 1. The molecular weight excluding hydrogens is 250 g/mol. The highest BCUT2D eigenvalue weighted by molar-refractivity contribution is 5.84. The van der Waals surface area contributed by atoms with Gasteiger partial charge in [0.15, 0.2) is 0 Å². The second-order valence-corrected chi connectivity index (χ2v) is 6.72. The topological polar surface area (TPSA) is 58.4 Å². The summed E-state index contributed by atoms with van der Waals surface area (Å²) in [5.41, 5.74) is 5.01. The lowest BCUT2D eigenvalue weighted by atomic mass is 9.94. The SMILES string of the molecule is CCCNC(C)(CCCN1CCCC1C(C)C)C(N)=O. The highest BCUT2D eigenvalue weighted by atomic mass is 16.1. The molecule has 1 heterocycles. The Hall–Kier alpha value is -0.610. The van der Waals surface area contributed by atoms with Crippen molar-refractivity contribution >= 4 is 5.91 Å². The maximum atomic E-state index is 11.7. The summed E-state index contributed by atoms with van der Waals surface area (Å²) < 4.78 is 0. The van der Waals surface area contributed by atoms with Crippen molar-refractivity contribution in [3.05, 3.63) is 0 Å². The molecular formula is C16H33N3O. The van der Waals surface area contributed by atoms with Crippen molar-refractivity contribution in [2.75, 3.05) is 19.6 Å². The maximum Gasteiger partial charge on any atom is 0.237 e. The van der Waals surface area contributed by atoms with E-state index >= 15 is 0 Å². The first kappa shape index (κ1) is 17.4. The van der Waals surface area contributed by atoms with Gasteiger partial charge in [-0.05, 0) is 64.6 Å². The summed E-state index contributed by atoms with van der Waals surface area (Å²) in [6, 6.07) is 0.721. The van der Waals surface area contributed by atoms with Crippen molar-refractivity contribution in [1.82, 2.24) is 10.2 Å². The van der Waals surface area contributed by atoms with Gasteiger partial charge in [-0.25, -0.2) is 0 Å². The second kappa shape index (κ2) is 7.99. The Morgan fingerprint density at radius 3 is 2.75 bits per heavy atom. The zero-order chi connectivity index (χ0) is 15.2. The number of nitrogens with one attached hydrogen (secondary N) is 1. The third-order valence-corrected chi connectivity index (χ3v) is 4.61. The van der Waals surface area contributed by atoms with E-state index in [1.165, 1.54) is 19.4 Å². The van der Waals surface area contributed by atoms with E-state index in [9.17, 15) is 4.79 Å². The number of carbonyl (C=O) groups excluding carboxylic acids is 1. The van der Waals surface area contributed by atoms with Crippen molar-refractivity contribution in [1.29, 1.82) is 0 Å². The third kappa shape index (κ3) is 4.74. The lowest BCUT2D eigenvalue weighted by molar-refractivity contribution is -0.124. The summed E-state index contributed by atoms with van der Waals surface area (Å²) in [5.74, 6) is 0.492. The van der Waals surface area contributed by atoms with Crippen molar-refractivity contribution < 1.29 is 4.79 Å². The Morgan fingerprint density at radius 2 is 2.20 bits per heavy atom. The van der Waals surface area contributed by atoms with Crippen LogP contribution in [0.4, 0.5) is 0 Å². The molecule has 0 aromatic carbocycles. The molecule has 118 valence electrons. The van der Waals surface area contributed by atoms with E-state index in [0.717, 1.165) is 44.3 Å². The molecule has 1 rings (SSSR count). The van der Waals surface area contributed by atoms with E-state index in [1.807, 2.05) is 6.92 Å². The van der Waals surface area contributed by atoms with Crippen LogP contribution < -0.4 is 11.1 Å². The molecule has 3 N–H and O–H groups in total. The van der Waals surface area contributed by atoms with Gasteiger partial charge in [-0.2, -0.15) is 0 Å². The molecule has 4 nitrogen and oxygen atoms in total. The Balaban J connectivity index is 2.42. The van der Waals surface area contributed by atoms with E-state index in [1.54, 1.807) is 0 Å². The Labute approximate surface area is 124 Å². The van der Waals surface area contributed by atoms with E-state index in [-0.39, 0.29) is 5.91 Å². The van der Waals surface area contributed by atoms with Crippen LogP contribution in [0.3, 0.4) is 0 Å². The number of hydrogen-bond acceptors (Lipinski definition) is 3. The lowest BCUT2D eigenvalue weighted by Gasteiger charge is -2.31. The van der Waals surface area contributed by atoms with Crippen LogP contribution >= 0.6 is 0 Å². The Bertz CT molecular complexity index is 306. The van der Waals surface area contributed by atoms with E-state index in [2.05, 4.69) is 31.0 Å². The molecule has 1 saturated heterocycles. The number of nitrogens with two attached hydrogens (primary N) is 1. The van der Waals surface area contributed by atoms with E-state index in [4.69, 9.17) is 5.73 Å². The minimum Gasteiger partial charge on any atom is -0.368 e. The maximum absolute atomic E-state index is 11.7. The van der Waals surface area contributed by atoms with Gasteiger partial charge in [0.05, 0.1) is 5.54 Å².